The summed E-state index contributed by atoms with van der Waals surface area (Å²) in [5.41, 5.74) is 10.1. The van der Waals surface area contributed by atoms with Crippen molar-refractivity contribution in [2.45, 2.75) is 38.9 Å². The third-order valence-corrected chi connectivity index (χ3v) is 5.02. The van der Waals surface area contributed by atoms with Crippen LogP contribution < -0.4 is 10.6 Å². The number of carboxylic acid groups (broad SMARTS) is 1. The largest absolute Gasteiger partial charge is 0.465 e. The van der Waals surface area contributed by atoms with Gasteiger partial charge in [-0.3, -0.25) is 9.48 Å². The van der Waals surface area contributed by atoms with Crippen LogP contribution in [0.4, 0.5) is 10.5 Å². The molecular formula is C19H25N5O3. The molecule has 0 saturated heterocycles. The molecule has 3 N–H and O–H groups in total. The third kappa shape index (κ3) is 3.80. The maximum absolute atomic E-state index is 12.0. The maximum Gasteiger partial charge on any atom is 0.407 e. The molecule has 2 amide bonds. The molecule has 2 aromatic rings. The van der Waals surface area contributed by atoms with E-state index in [-0.39, 0.29) is 18.0 Å². The van der Waals surface area contributed by atoms with Gasteiger partial charge in [0.05, 0.1) is 12.7 Å². The van der Waals surface area contributed by atoms with E-state index in [2.05, 4.69) is 5.10 Å². The quantitative estimate of drug-likeness (QED) is 0.858. The van der Waals surface area contributed by atoms with E-state index in [9.17, 15) is 9.59 Å². The lowest BCUT2D eigenvalue weighted by molar-refractivity contribution is -0.117. The van der Waals surface area contributed by atoms with Gasteiger partial charge in [-0.15, -0.1) is 0 Å². The van der Waals surface area contributed by atoms with Gasteiger partial charge >= 0.3 is 6.09 Å². The molecule has 2 heterocycles. The highest BCUT2D eigenvalue weighted by atomic mass is 16.4. The Balaban J connectivity index is 1.84. The number of benzene rings is 1. The van der Waals surface area contributed by atoms with E-state index in [0.29, 0.717) is 13.1 Å². The smallest absolute Gasteiger partial charge is 0.407 e. The highest BCUT2D eigenvalue weighted by Crippen LogP contribution is 2.38. The lowest BCUT2D eigenvalue weighted by atomic mass is 9.90. The topological polar surface area (TPSA) is 105 Å². The summed E-state index contributed by atoms with van der Waals surface area (Å²) in [6.45, 7) is 4.42. The van der Waals surface area contributed by atoms with Crippen LogP contribution in [0.5, 0.6) is 0 Å². The summed E-state index contributed by atoms with van der Waals surface area (Å²) in [6.07, 6.45) is 3.39. The predicted octanol–water partition coefficient (Wildman–Crippen LogP) is 2.30. The van der Waals surface area contributed by atoms with Crippen molar-refractivity contribution in [1.82, 2.24) is 14.7 Å². The number of hydrogen-bond acceptors (Lipinski definition) is 4. The molecule has 1 aromatic carbocycles. The van der Waals surface area contributed by atoms with Crippen LogP contribution in [0, 0.1) is 0 Å². The average Bonchev–Trinajstić information content (AvgIpc) is 3.08. The lowest BCUT2D eigenvalue weighted by Crippen LogP contribution is -2.43. The first-order valence-electron chi connectivity index (χ1n) is 8.94. The number of carbonyl (C=O) groups is 2. The van der Waals surface area contributed by atoms with Crippen molar-refractivity contribution in [2.24, 2.45) is 5.73 Å². The number of likely N-dealkylation sites (N-methyl/N-ethyl adjacent to an activating group) is 1. The molecule has 1 aromatic heterocycles. The summed E-state index contributed by atoms with van der Waals surface area (Å²) < 4.78 is 1.72. The van der Waals surface area contributed by atoms with Crippen LogP contribution in [0.1, 0.15) is 31.9 Å². The molecule has 1 aliphatic rings. The number of amides is 2. The van der Waals surface area contributed by atoms with Gasteiger partial charge < -0.3 is 20.6 Å². The number of anilines is 1. The molecule has 8 nitrogen and oxygen atoms in total. The summed E-state index contributed by atoms with van der Waals surface area (Å²) in [4.78, 5) is 25.9. The summed E-state index contributed by atoms with van der Waals surface area (Å²) >= 11 is 0. The van der Waals surface area contributed by atoms with Crippen LogP contribution in [-0.4, -0.2) is 51.4 Å². The Morgan fingerprint density at radius 3 is 2.78 bits per heavy atom. The molecule has 0 aliphatic carbocycles. The number of nitrogens with two attached hydrogens (primary N) is 1. The van der Waals surface area contributed by atoms with E-state index < -0.39 is 6.09 Å². The fourth-order valence-corrected chi connectivity index (χ4v) is 3.55. The van der Waals surface area contributed by atoms with Gasteiger partial charge in [-0.25, -0.2) is 4.79 Å². The Kier molecular flexibility index (Phi) is 5.18. The minimum Gasteiger partial charge on any atom is -0.465 e. The normalized spacial score (nSPS) is 18.9. The zero-order chi connectivity index (χ0) is 19.7. The monoisotopic (exact) mass is 371 g/mol. The van der Waals surface area contributed by atoms with E-state index in [4.69, 9.17) is 10.8 Å². The second kappa shape index (κ2) is 7.40. The predicted molar refractivity (Wildman–Crippen MR) is 102 cm³/mol. The Hall–Kier alpha value is -2.87. The highest BCUT2D eigenvalue weighted by molar-refractivity contribution is 5.94. The van der Waals surface area contributed by atoms with Crippen LogP contribution >= 0.6 is 0 Å². The standard InChI is InChI=1S/C19H25N5O3/c1-12-8-17(20)16-9-14(4-5-18(16)24(12)13(2)25)15-10-21-23(11-15)7-6-22(3)19(26)27/h4-5,9-12,17H,6-8,20H2,1-3H3,(H,26,27). The van der Waals surface area contributed by atoms with Gasteiger partial charge in [0.2, 0.25) is 5.91 Å². The highest BCUT2D eigenvalue weighted by Gasteiger charge is 2.30. The molecule has 3 rings (SSSR count). The average molecular weight is 371 g/mol. The Labute approximate surface area is 158 Å². The van der Waals surface area contributed by atoms with Crippen molar-refractivity contribution in [3.63, 3.8) is 0 Å². The van der Waals surface area contributed by atoms with Crippen molar-refractivity contribution in [3.05, 3.63) is 36.2 Å². The van der Waals surface area contributed by atoms with Gasteiger partial charge in [0.25, 0.3) is 0 Å². The number of aromatic nitrogens is 2. The van der Waals surface area contributed by atoms with E-state index >= 15 is 0 Å². The molecule has 144 valence electrons. The molecule has 0 spiro atoms. The van der Waals surface area contributed by atoms with Gasteiger partial charge in [-0.1, -0.05) is 6.07 Å². The van der Waals surface area contributed by atoms with E-state index in [1.807, 2.05) is 31.3 Å². The molecule has 2 atom stereocenters. The second-order valence-corrected chi connectivity index (χ2v) is 7.05. The van der Waals surface area contributed by atoms with Crippen LogP contribution in [-0.2, 0) is 11.3 Å². The van der Waals surface area contributed by atoms with Crippen molar-refractivity contribution < 1.29 is 14.7 Å². The minimum absolute atomic E-state index is 0.0127. The number of fused-ring (bicyclic) bond motifs is 1. The molecule has 2 unspecified atom stereocenters. The van der Waals surface area contributed by atoms with Crippen molar-refractivity contribution in [2.75, 3.05) is 18.5 Å². The second-order valence-electron chi connectivity index (χ2n) is 7.05. The molecule has 27 heavy (non-hydrogen) atoms. The van der Waals surface area contributed by atoms with E-state index in [1.54, 1.807) is 22.7 Å². The van der Waals surface area contributed by atoms with Crippen LogP contribution in [0.25, 0.3) is 11.1 Å². The molecular weight excluding hydrogens is 346 g/mol. The van der Waals surface area contributed by atoms with Gasteiger partial charge in [-0.05, 0) is 36.6 Å². The van der Waals surface area contributed by atoms with Crippen LogP contribution in [0.15, 0.2) is 30.6 Å². The molecule has 0 saturated carbocycles. The number of carbonyl (C=O) groups excluding carboxylic acids is 1. The first-order chi connectivity index (χ1) is 12.8. The molecule has 8 heteroatoms. The summed E-state index contributed by atoms with van der Waals surface area (Å²) in [5.74, 6) is 0.0127. The van der Waals surface area contributed by atoms with Gasteiger partial charge in [0.15, 0.2) is 0 Å². The van der Waals surface area contributed by atoms with Crippen molar-refractivity contribution in [3.8, 4) is 11.1 Å². The third-order valence-electron chi connectivity index (χ3n) is 5.02. The fourth-order valence-electron chi connectivity index (χ4n) is 3.55. The Morgan fingerprint density at radius 1 is 1.37 bits per heavy atom. The van der Waals surface area contributed by atoms with Gasteiger partial charge in [0.1, 0.15) is 0 Å². The van der Waals surface area contributed by atoms with Crippen LogP contribution in [0.3, 0.4) is 0 Å². The number of nitrogens with zero attached hydrogens (tertiary/aromatic N) is 4. The van der Waals surface area contributed by atoms with Crippen LogP contribution in [0.2, 0.25) is 0 Å². The molecule has 0 bridgehead atoms. The van der Waals surface area contributed by atoms with Crippen molar-refractivity contribution >= 4 is 17.7 Å². The van der Waals surface area contributed by atoms with Crippen molar-refractivity contribution in [1.29, 1.82) is 0 Å². The first kappa shape index (κ1) is 18.9. The summed E-state index contributed by atoms with van der Waals surface area (Å²) in [7, 11) is 1.53. The van der Waals surface area contributed by atoms with Gasteiger partial charge in [-0.2, -0.15) is 5.10 Å². The Bertz CT molecular complexity index is 863. The zero-order valence-electron chi connectivity index (χ0n) is 15.8. The maximum atomic E-state index is 12.0. The summed E-state index contributed by atoms with van der Waals surface area (Å²) in [6, 6.07) is 5.88. The van der Waals surface area contributed by atoms with E-state index in [0.717, 1.165) is 28.8 Å². The summed E-state index contributed by atoms with van der Waals surface area (Å²) in [5, 5.41) is 13.2. The molecule has 1 aliphatic heterocycles. The fraction of sp³-hybridized carbons (Fsp3) is 0.421. The zero-order valence-corrected chi connectivity index (χ0v) is 15.8. The number of rotatable bonds is 4. The molecule has 0 radical (unpaired) electrons. The number of hydrogen-bond donors (Lipinski definition) is 2. The first-order valence-corrected chi connectivity index (χ1v) is 8.94. The molecule has 0 fully saturated rings. The van der Waals surface area contributed by atoms with E-state index in [1.165, 1.54) is 11.9 Å². The Morgan fingerprint density at radius 2 is 2.11 bits per heavy atom. The van der Waals surface area contributed by atoms with Gasteiger partial charge in [0, 0.05) is 50.0 Å². The SMILES string of the molecule is CC(=O)N1c2ccc(-c3cnn(CCN(C)C(=O)O)c3)cc2C(N)CC1C. The lowest BCUT2D eigenvalue weighted by Gasteiger charge is -2.37. The minimum atomic E-state index is -0.963.